The SMILES string of the molecule is Cc1cc(N2CCCCC2)c2c(n1)C(N1CCCCC1)=CC(=O)C2=O. The maximum absolute atomic E-state index is 12.7. The smallest absolute Gasteiger partial charge is 0.237 e. The van der Waals surface area contributed by atoms with E-state index in [9.17, 15) is 9.59 Å². The molecule has 2 fully saturated rings. The second-order valence-corrected chi connectivity index (χ2v) is 7.32. The molecule has 0 spiro atoms. The molecule has 2 aliphatic heterocycles. The highest BCUT2D eigenvalue weighted by Gasteiger charge is 2.34. The van der Waals surface area contributed by atoms with Gasteiger partial charge in [0, 0.05) is 37.9 Å². The minimum Gasteiger partial charge on any atom is -0.371 e. The van der Waals surface area contributed by atoms with E-state index in [0.29, 0.717) is 11.3 Å². The van der Waals surface area contributed by atoms with Gasteiger partial charge in [-0.05, 0) is 51.5 Å². The van der Waals surface area contributed by atoms with Crippen molar-refractivity contribution in [1.29, 1.82) is 0 Å². The molecule has 0 radical (unpaired) electrons. The topological polar surface area (TPSA) is 53.5 Å². The van der Waals surface area contributed by atoms with Crippen LogP contribution >= 0.6 is 0 Å². The normalized spacial score (nSPS) is 21.2. The van der Waals surface area contributed by atoms with Crippen LogP contribution in [0.2, 0.25) is 0 Å². The number of allylic oxidation sites excluding steroid dienone is 1. The van der Waals surface area contributed by atoms with E-state index in [4.69, 9.17) is 4.98 Å². The van der Waals surface area contributed by atoms with Crippen LogP contribution in [0.1, 0.15) is 60.3 Å². The minimum atomic E-state index is -0.406. The van der Waals surface area contributed by atoms with Crippen molar-refractivity contribution < 1.29 is 9.59 Å². The zero-order chi connectivity index (χ0) is 17.4. The van der Waals surface area contributed by atoms with E-state index < -0.39 is 11.6 Å². The van der Waals surface area contributed by atoms with E-state index in [1.54, 1.807) is 0 Å². The summed E-state index contributed by atoms with van der Waals surface area (Å²) in [6, 6.07) is 1.98. The molecule has 5 nitrogen and oxygen atoms in total. The third-order valence-electron chi connectivity index (χ3n) is 5.48. The first-order valence-electron chi connectivity index (χ1n) is 9.47. The fourth-order valence-corrected chi connectivity index (χ4v) is 4.21. The number of aromatic nitrogens is 1. The van der Waals surface area contributed by atoms with Crippen molar-refractivity contribution in [1.82, 2.24) is 9.88 Å². The lowest BCUT2D eigenvalue weighted by Gasteiger charge is -2.35. The molecule has 3 aliphatic rings. The zero-order valence-corrected chi connectivity index (χ0v) is 14.9. The summed E-state index contributed by atoms with van der Waals surface area (Å²) in [6.07, 6.45) is 8.49. The number of carbonyl (C=O) groups is 2. The number of anilines is 1. The van der Waals surface area contributed by atoms with E-state index in [-0.39, 0.29) is 0 Å². The summed E-state index contributed by atoms with van der Waals surface area (Å²) in [5.74, 6) is -0.805. The number of nitrogens with zero attached hydrogens (tertiary/aromatic N) is 3. The van der Waals surface area contributed by atoms with E-state index in [0.717, 1.165) is 68.9 Å². The molecule has 0 N–H and O–H groups in total. The predicted octanol–water partition coefficient (Wildman–Crippen LogP) is 2.97. The van der Waals surface area contributed by atoms with Gasteiger partial charge in [-0.1, -0.05) is 0 Å². The monoisotopic (exact) mass is 339 g/mol. The van der Waals surface area contributed by atoms with Crippen LogP contribution in [0.3, 0.4) is 0 Å². The van der Waals surface area contributed by atoms with Crippen LogP contribution in [0.25, 0.3) is 5.70 Å². The molecule has 0 unspecified atom stereocenters. The van der Waals surface area contributed by atoms with Crippen LogP contribution < -0.4 is 4.90 Å². The van der Waals surface area contributed by atoms with Crippen molar-refractivity contribution in [3.63, 3.8) is 0 Å². The summed E-state index contributed by atoms with van der Waals surface area (Å²) < 4.78 is 0. The highest BCUT2D eigenvalue weighted by molar-refractivity contribution is 6.51. The first-order valence-corrected chi connectivity index (χ1v) is 9.47. The van der Waals surface area contributed by atoms with Gasteiger partial charge in [-0.15, -0.1) is 0 Å². The highest BCUT2D eigenvalue weighted by Crippen LogP contribution is 2.35. The van der Waals surface area contributed by atoms with Gasteiger partial charge in [-0.25, -0.2) is 0 Å². The Morgan fingerprint density at radius 2 is 1.48 bits per heavy atom. The number of hydrogen-bond acceptors (Lipinski definition) is 5. The van der Waals surface area contributed by atoms with Gasteiger partial charge < -0.3 is 9.80 Å². The molecule has 132 valence electrons. The summed E-state index contributed by atoms with van der Waals surface area (Å²) in [5.41, 5.74) is 3.90. The summed E-state index contributed by atoms with van der Waals surface area (Å²) in [7, 11) is 0. The van der Waals surface area contributed by atoms with Crippen molar-refractivity contribution in [2.45, 2.75) is 45.4 Å². The lowest BCUT2D eigenvalue weighted by atomic mass is 9.92. The molecular weight excluding hydrogens is 314 g/mol. The molecule has 0 amide bonds. The van der Waals surface area contributed by atoms with E-state index in [2.05, 4.69) is 9.80 Å². The summed E-state index contributed by atoms with van der Waals surface area (Å²) >= 11 is 0. The quantitative estimate of drug-likeness (QED) is 0.776. The molecule has 0 bridgehead atoms. The Labute approximate surface area is 148 Å². The number of pyridine rings is 1. The van der Waals surface area contributed by atoms with Crippen LogP contribution in [0, 0.1) is 6.92 Å². The first kappa shape index (κ1) is 16.3. The number of likely N-dealkylation sites (tertiary alicyclic amines) is 1. The van der Waals surface area contributed by atoms with E-state index >= 15 is 0 Å². The third-order valence-corrected chi connectivity index (χ3v) is 5.48. The van der Waals surface area contributed by atoms with Crippen LogP contribution in [0.5, 0.6) is 0 Å². The molecule has 0 aromatic carbocycles. The Morgan fingerprint density at radius 3 is 2.12 bits per heavy atom. The number of carbonyl (C=O) groups excluding carboxylic acids is 2. The third kappa shape index (κ3) is 2.96. The lowest BCUT2D eigenvalue weighted by Crippen LogP contribution is -2.36. The Hall–Kier alpha value is -2.17. The number of ketones is 2. The molecule has 0 atom stereocenters. The van der Waals surface area contributed by atoms with Crippen molar-refractivity contribution in [2.24, 2.45) is 0 Å². The van der Waals surface area contributed by atoms with Crippen LogP contribution in [0.15, 0.2) is 12.1 Å². The van der Waals surface area contributed by atoms with Gasteiger partial charge in [0.15, 0.2) is 0 Å². The molecule has 1 aromatic rings. The standard InChI is InChI=1S/C20H25N3O2/c1-14-12-15(22-8-4-2-5-9-22)18-19(21-14)16(13-17(24)20(18)25)23-10-6-3-7-11-23/h12-13H,2-11H2,1H3. The number of piperidine rings is 2. The van der Waals surface area contributed by atoms with E-state index in [1.165, 1.54) is 18.9 Å². The van der Waals surface area contributed by atoms with Crippen LogP contribution in [0.4, 0.5) is 5.69 Å². The largest absolute Gasteiger partial charge is 0.371 e. The van der Waals surface area contributed by atoms with Crippen LogP contribution in [-0.2, 0) is 4.79 Å². The van der Waals surface area contributed by atoms with Gasteiger partial charge in [-0.3, -0.25) is 14.6 Å². The van der Waals surface area contributed by atoms with Crippen molar-refractivity contribution in [3.05, 3.63) is 29.1 Å². The average Bonchev–Trinajstić information content (AvgIpc) is 2.65. The molecular formula is C20H25N3O2. The van der Waals surface area contributed by atoms with Gasteiger partial charge in [0.05, 0.1) is 16.9 Å². The van der Waals surface area contributed by atoms with Gasteiger partial charge in [-0.2, -0.15) is 0 Å². The fraction of sp³-hybridized carbons (Fsp3) is 0.550. The summed E-state index contributed by atoms with van der Waals surface area (Å²) in [5, 5.41) is 0. The summed E-state index contributed by atoms with van der Waals surface area (Å²) in [4.78, 5) is 34.4. The lowest BCUT2D eigenvalue weighted by molar-refractivity contribution is -0.111. The van der Waals surface area contributed by atoms with Gasteiger partial charge in [0.25, 0.3) is 0 Å². The molecule has 1 aromatic heterocycles. The Bertz CT molecular complexity index is 742. The molecule has 4 rings (SSSR count). The highest BCUT2D eigenvalue weighted by atomic mass is 16.2. The molecule has 5 heteroatoms. The van der Waals surface area contributed by atoms with Gasteiger partial charge in [0.1, 0.15) is 5.69 Å². The van der Waals surface area contributed by atoms with Gasteiger partial charge >= 0.3 is 0 Å². The zero-order valence-electron chi connectivity index (χ0n) is 14.9. The minimum absolute atomic E-state index is 0.399. The second-order valence-electron chi connectivity index (χ2n) is 7.32. The number of aryl methyl sites for hydroxylation is 1. The Balaban J connectivity index is 1.83. The Morgan fingerprint density at radius 1 is 0.880 bits per heavy atom. The van der Waals surface area contributed by atoms with Crippen molar-refractivity contribution >= 4 is 23.0 Å². The first-order chi connectivity index (χ1) is 12.1. The summed E-state index contributed by atoms with van der Waals surface area (Å²) in [6.45, 7) is 5.73. The average molecular weight is 339 g/mol. The van der Waals surface area contributed by atoms with Crippen molar-refractivity contribution in [2.75, 3.05) is 31.1 Å². The number of Topliss-reactive ketones (excluding diaryl/α,β-unsaturated/α-hetero) is 1. The van der Waals surface area contributed by atoms with Gasteiger partial charge in [0.2, 0.25) is 11.6 Å². The number of hydrogen-bond donors (Lipinski definition) is 0. The van der Waals surface area contributed by atoms with E-state index in [1.807, 2.05) is 13.0 Å². The van der Waals surface area contributed by atoms with Crippen LogP contribution in [-0.4, -0.2) is 47.6 Å². The molecule has 25 heavy (non-hydrogen) atoms. The van der Waals surface area contributed by atoms with Crippen molar-refractivity contribution in [3.8, 4) is 0 Å². The molecule has 3 heterocycles. The number of fused-ring (bicyclic) bond motifs is 1. The second kappa shape index (κ2) is 6.62. The predicted molar refractivity (Wildman–Crippen MR) is 97.8 cm³/mol. The molecule has 1 aliphatic carbocycles. The maximum Gasteiger partial charge on any atom is 0.237 e. The Kier molecular flexibility index (Phi) is 4.32. The fourth-order valence-electron chi connectivity index (χ4n) is 4.21. The maximum atomic E-state index is 12.7. The molecule has 2 saturated heterocycles. The number of rotatable bonds is 2. The molecule has 0 saturated carbocycles.